The van der Waals surface area contributed by atoms with Crippen molar-refractivity contribution in [2.24, 2.45) is 17.8 Å². The number of allylic oxidation sites excluding steroid dienone is 3. The van der Waals surface area contributed by atoms with Crippen LogP contribution < -0.4 is 0 Å². The fourth-order valence-electron chi connectivity index (χ4n) is 6.48. The molecule has 6 N–H and O–H groups in total. The summed E-state index contributed by atoms with van der Waals surface area (Å²) in [6.07, 6.45) is 18.5. The molecule has 0 aromatic heterocycles. The van der Waals surface area contributed by atoms with E-state index in [0.29, 0.717) is 32.1 Å². The highest BCUT2D eigenvalue weighted by molar-refractivity contribution is 7.47. The summed E-state index contributed by atoms with van der Waals surface area (Å²) >= 11 is 0. The van der Waals surface area contributed by atoms with Gasteiger partial charge in [-0.05, 0) is 38.0 Å². The zero-order valence-electron chi connectivity index (χ0n) is 35.5. The van der Waals surface area contributed by atoms with Gasteiger partial charge >= 0.3 is 27.6 Å². The molecule has 0 saturated heterocycles. The van der Waals surface area contributed by atoms with Gasteiger partial charge in [-0.1, -0.05) is 122 Å². The highest BCUT2D eigenvalue weighted by Gasteiger charge is 2.39. The summed E-state index contributed by atoms with van der Waals surface area (Å²) in [5.74, 6) is -1.31. The number of esters is 2. The first-order valence-electron chi connectivity index (χ1n) is 21.5. The summed E-state index contributed by atoms with van der Waals surface area (Å²) in [6, 6.07) is 0. The summed E-state index contributed by atoms with van der Waals surface area (Å²) in [7, 11) is -9.76. The Morgan fingerprint density at radius 3 is 2.05 bits per heavy atom. The average Bonchev–Trinajstić information content (AvgIpc) is 3.45. The highest BCUT2D eigenvalue weighted by Crippen LogP contribution is 2.44. The summed E-state index contributed by atoms with van der Waals surface area (Å²) in [5.41, 5.74) is 0. The minimum atomic E-state index is -4.89. The summed E-state index contributed by atoms with van der Waals surface area (Å²) in [4.78, 5) is 65.3. The number of hydrogen-bond donors (Lipinski definition) is 6. The molecule has 0 heterocycles. The van der Waals surface area contributed by atoms with Gasteiger partial charge in [-0.25, -0.2) is 9.13 Å². The quantitative estimate of drug-likeness (QED) is 0.0158. The lowest BCUT2D eigenvalue weighted by Crippen LogP contribution is -2.30. The van der Waals surface area contributed by atoms with Crippen molar-refractivity contribution in [1.82, 2.24) is 0 Å². The van der Waals surface area contributed by atoms with Crippen molar-refractivity contribution in [2.75, 3.05) is 26.4 Å². The van der Waals surface area contributed by atoms with Crippen LogP contribution in [0.3, 0.4) is 0 Å². The maximum absolute atomic E-state index is 12.7. The highest BCUT2D eigenvalue weighted by atomic mass is 31.2. The van der Waals surface area contributed by atoms with E-state index in [1.165, 1.54) is 32.1 Å². The first-order chi connectivity index (χ1) is 28.0. The Morgan fingerprint density at radius 2 is 1.39 bits per heavy atom. The molecular weight excluding hydrogens is 810 g/mol. The van der Waals surface area contributed by atoms with Crippen molar-refractivity contribution in [3.8, 4) is 0 Å². The lowest BCUT2D eigenvalue weighted by Gasteiger charge is -2.20. The number of carbonyl (C=O) groups is 3. The minimum Gasteiger partial charge on any atom is -0.462 e. The lowest BCUT2D eigenvalue weighted by molar-refractivity contribution is -0.161. The lowest BCUT2D eigenvalue weighted by atomic mass is 9.90. The van der Waals surface area contributed by atoms with E-state index in [0.717, 1.165) is 50.9 Å². The standard InChI is InChI=1S/C41H74O16P2/c1-4-6-15-21-33(42)25-26-37-36(38(44)27-39(37)45)22-17-13-14-18-23-40(46)53-30-35(31-56-59(51,52)55-29-34(43)28-54-58(48,49)50)57-41(47)24-19-12-10-8-7-9-11-16-20-32(3)5-2/h13,17,25-26,32-38,42-44H,4-12,14-16,18-24,27-31H2,1-3H3,(H,51,52)(H2,48,49,50)/b17-13-,26-25+/t32?,33-,34-,35+,36+,37+,38-/m0/s1. The molecular formula is C41H74O16P2. The van der Waals surface area contributed by atoms with Crippen LogP contribution in [0.2, 0.25) is 0 Å². The van der Waals surface area contributed by atoms with E-state index in [4.69, 9.17) is 23.8 Å². The van der Waals surface area contributed by atoms with Gasteiger partial charge in [-0.2, -0.15) is 0 Å². The predicted molar refractivity (Wildman–Crippen MR) is 222 cm³/mol. The van der Waals surface area contributed by atoms with E-state index >= 15 is 0 Å². The largest absolute Gasteiger partial charge is 0.472 e. The van der Waals surface area contributed by atoms with E-state index in [2.05, 4.69) is 29.8 Å². The Kier molecular flexibility index (Phi) is 29.9. The fraction of sp³-hybridized carbons (Fsp3) is 0.829. The topological polar surface area (TPSA) is 253 Å². The molecule has 0 aromatic carbocycles. The van der Waals surface area contributed by atoms with Crippen molar-refractivity contribution in [3.05, 3.63) is 24.3 Å². The molecule has 1 aliphatic rings. The average molecular weight is 885 g/mol. The van der Waals surface area contributed by atoms with Crippen molar-refractivity contribution >= 4 is 33.4 Å². The second-order valence-corrected chi connectivity index (χ2v) is 18.3. The summed E-state index contributed by atoms with van der Waals surface area (Å²) < 4.78 is 47.7. The van der Waals surface area contributed by atoms with Crippen molar-refractivity contribution in [2.45, 2.75) is 174 Å². The predicted octanol–water partition coefficient (Wildman–Crippen LogP) is 7.17. The molecule has 0 aliphatic heterocycles. The molecule has 0 radical (unpaired) electrons. The first kappa shape index (κ1) is 55.2. The van der Waals surface area contributed by atoms with Crippen LogP contribution in [0.4, 0.5) is 0 Å². The number of Topliss-reactive ketones (excluding diaryl/α,β-unsaturated/α-hetero) is 1. The van der Waals surface area contributed by atoms with Crippen LogP contribution >= 0.6 is 15.6 Å². The van der Waals surface area contributed by atoms with E-state index in [1.54, 1.807) is 12.2 Å². The molecule has 0 bridgehead atoms. The third-order valence-corrected chi connectivity index (χ3v) is 11.7. The van der Waals surface area contributed by atoms with Crippen molar-refractivity contribution in [3.63, 3.8) is 0 Å². The van der Waals surface area contributed by atoms with Crippen LogP contribution in [0, 0.1) is 17.8 Å². The first-order valence-corrected chi connectivity index (χ1v) is 24.6. The van der Waals surface area contributed by atoms with Gasteiger partial charge in [-0.15, -0.1) is 0 Å². The number of aliphatic hydroxyl groups excluding tert-OH is 3. The monoisotopic (exact) mass is 884 g/mol. The Bertz CT molecular complexity index is 1320. The molecule has 0 amide bonds. The summed E-state index contributed by atoms with van der Waals surface area (Å²) in [5, 5.41) is 30.4. The van der Waals surface area contributed by atoms with Crippen LogP contribution in [-0.4, -0.2) is 98.6 Å². The maximum Gasteiger partial charge on any atom is 0.472 e. The summed E-state index contributed by atoms with van der Waals surface area (Å²) in [6.45, 7) is 3.62. The molecule has 0 aromatic rings. The smallest absolute Gasteiger partial charge is 0.462 e. The number of carbonyl (C=O) groups excluding carboxylic acids is 3. The van der Waals surface area contributed by atoms with Gasteiger partial charge < -0.3 is 39.5 Å². The van der Waals surface area contributed by atoms with E-state index in [9.17, 15) is 43.7 Å². The van der Waals surface area contributed by atoms with Gasteiger partial charge in [0.1, 0.15) is 18.5 Å². The van der Waals surface area contributed by atoms with Crippen molar-refractivity contribution < 1.29 is 76.6 Å². The number of aliphatic hydroxyl groups is 3. The zero-order chi connectivity index (χ0) is 44.1. The molecule has 344 valence electrons. The van der Waals surface area contributed by atoms with Crippen molar-refractivity contribution in [1.29, 1.82) is 0 Å². The number of phosphoric acid groups is 2. The fourth-order valence-corrected chi connectivity index (χ4v) is 7.64. The van der Waals surface area contributed by atoms with Gasteiger partial charge in [0, 0.05) is 31.1 Å². The zero-order valence-corrected chi connectivity index (χ0v) is 37.3. The minimum absolute atomic E-state index is 0.00568. The molecule has 0 spiro atoms. The second kappa shape index (κ2) is 32.0. The Morgan fingerprint density at radius 1 is 0.780 bits per heavy atom. The van der Waals surface area contributed by atoms with E-state index in [1.807, 2.05) is 12.2 Å². The van der Waals surface area contributed by atoms with Crippen LogP contribution in [-0.2, 0) is 46.6 Å². The molecule has 2 unspecified atom stereocenters. The van der Waals surface area contributed by atoms with Gasteiger partial charge in [0.2, 0.25) is 0 Å². The van der Waals surface area contributed by atoms with E-state index in [-0.39, 0.29) is 31.0 Å². The number of ether oxygens (including phenoxy) is 2. The maximum atomic E-state index is 12.7. The van der Waals surface area contributed by atoms with Crippen LogP contribution in [0.25, 0.3) is 0 Å². The van der Waals surface area contributed by atoms with Crippen LogP contribution in [0.15, 0.2) is 24.3 Å². The number of unbranched alkanes of at least 4 members (excludes halogenated alkanes) is 10. The van der Waals surface area contributed by atoms with Gasteiger partial charge in [0.05, 0.1) is 32.0 Å². The third-order valence-electron chi connectivity index (χ3n) is 10.3. The van der Waals surface area contributed by atoms with Crippen LogP contribution in [0.5, 0.6) is 0 Å². The third kappa shape index (κ3) is 29.2. The molecule has 1 saturated carbocycles. The number of rotatable bonds is 36. The Balaban J connectivity index is 2.59. The van der Waals surface area contributed by atoms with E-state index < -0.39 is 84.3 Å². The Hall–Kier alpha value is -1.81. The molecule has 1 aliphatic carbocycles. The second-order valence-electron chi connectivity index (χ2n) is 15.7. The molecule has 8 atom stereocenters. The number of phosphoric ester groups is 2. The van der Waals surface area contributed by atoms with Gasteiger partial charge in [-0.3, -0.25) is 28.0 Å². The molecule has 1 fully saturated rings. The van der Waals surface area contributed by atoms with Gasteiger partial charge in [0.25, 0.3) is 0 Å². The Labute approximate surface area is 351 Å². The van der Waals surface area contributed by atoms with Crippen LogP contribution in [0.1, 0.15) is 149 Å². The molecule has 59 heavy (non-hydrogen) atoms. The number of ketones is 1. The normalized spacial score (nSPS) is 20.5. The molecule has 18 heteroatoms. The SMILES string of the molecule is CCCCC[C@H](O)/C=C/[C@H]1C(=O)C[C@H](O)[C@@H]1C/C=C\CCCC(=O)OC[C@H](COP(=O)(O)OC[C@@H](O)COP(=O)(O)O)OC(=O)CCCCCCCCCCC(C)CC. The molecule has 16 nitrogen and oxygen atoms in total. The number of hydrogen-bond acceptors (Lipinski definition) is 13. The molecule has 1 rings (SSSR count). The van der Waals surface area contributed by atoms with Gasteiger partial charge in [0.15, 0.2) is 6.10 Å².